The quantitative estimate of drug-likeness (QED) is 0.120. The Labute approximate surface area is 598 Å². The lowest BCUT2D eigenvalue weighted by atomic mass is 9.79. The highest BCUT2D eigenvalue weighted by Gasteiger charge is 2.32. The fraction of sp³-hybridized carbons (Fsp3) is 0.170. The normalized spacial score (nSPS) is 12.3. The van der Waals surface area contributed by atoms with E-state index in [-0.39, 0.29) is 21.7 Å². The van der Waals surface area contributed by atoms with Gasteiger partial charge >= 0.3 is 0 Å². The largest absolute Gasteiger partial charge is 0.309 e. The van der Waals surface area contributed by atoms with Crippen LogP contribution in [-0.2, 0) is 21.7 Å². The van der Waals surface area contributed by atoms with E-state index in [2.05, 4.69) is 378 Å². The van der Waals surface area contributed by atoms with Crippen LogP contribution in [0.25, 0.3) is 107 Å². The molecule has 99 heavy (non-hydrogen) atoms. The zero-order valence-electron chi connectivity index (χ0n) is 58.7. The molecule has 0 atom stereocenters. The van der Waals surface area contributed by atoms with Gasteiger partial charge in [0.1, 0.15) is 0 Å². The summed E-state index contributed by atoms with van der Waals surface area (Å²) in [6, 6.07) is 107. The van der Waals surface area contributed by atoms with Gasteiger partial charge in [-0.3, -0.25) is 0 Å². The van der Waals surface area contributed by atoms with Crippen LogP contribution in [0.2, 0.25) is 5.02 Å². The van der Waals surface area contributed by atoms with E-state index in [0.29, 0.717) is 5.02 Å². The molecule has 0 fully saturated rings. The number of rotatable bonds is 12. The van der Waals surface area contributed by atoms with Crippen LogP contribution in [0.15, 0.2) is 285 Å². The van der Waals surface area contributed by atoms with Gasteiger partial charge in [0.25, 0.3) is 0 Å². The summed E-state index contributed by atoms with van der Waals surface area (Å²) in [6.07, 6.45) is 0. The van der Waals surface area contributed by atoms with Gasteiger partial charge in [-0.05, 0) is 155 Å². The highest BCUT2D eigenvalue weighted by molar-refractivity contribution is 7.27. The van der Waals surface area contributed by atoms with Gasteiger partial charge in [-0.25, -0.2) is 0 Å². The summed E-state index contributed by atoms with van der Waals surface area (Å²) < 4.78 is 4.92. The van der Waals surface area contributed by atoms with Crippen LogP contribution in [0, 0.1) is 0 Å². The van der Waals surface area contributed by atoms with Crippen molar-refractivity contribution in [3.05, 3.63) is 312 Å². The lowest BCUT2D eigenvalue weighted by molar-refractivity contribution is 0.568. The molecule has 0 saturated carbocycles. The molecule has 2 heterocycles. The Hall–Kier alpha value is -9.81. The minimum atomic E-state index is -0.0900. The highest BCUT2D eigenvalue weighted by Crippen LogP contribution is 2.57. The smallest absolute Gasteiger partial charge is 0.0633 e. The van der Waals surface area contributed by atoms with Crippen molar-refractivity contribution in [1.29, 1.82) is 0 Å². The Morgan fingerprint density at radius 3 is 1.01 bits per heavy atom. The summed E-state index contributed by atoms with van der Waals surface area (Å²) in [5.41, 5.74) is 24.5. The Kier molecular flexibility index (Phi) is 16.8. The minimum Gasteiger partial charge on any atom is -0.309 e. The molecule has 0 amide bonds. The summed E-state index contributed by atoms with van der Waals surface area (Å²) in [4.78, 5) is 5.05. The molecule has 0 aliphatic rings. The molecule has 5 heteroatoms. The molecule has 0 spiro atoms. The molecule has 15 rings (SSSR count). The highest BCUT2D eigenvalue weighted by atomic mass is 35.5. The molecule has 2 aromatic heterocycles. The molecule has 15 aromatic rings. The maximum atomic E-state index is 8.12. The van der Waals surface area contributed by atoms with Gasteiger partial charge in [0.05, 0.1) is 11.4 Å². The molecule has 488 valence electrons. The first kappa shape index (κ1) is 65.1. The summed E-state index contributed by atoms with van der Waals surface area (Å²) in [7, 11) is 0. The summed E-state index contributed by atoms with van der Waals surface area (Å²) in [5.74, 6) is 0. The molecule has 0 bridgehead atoms. The van der Waals surface area contributed by atoms with Gasteiger partial charge in [-0.1, -0.05) is 313 Å². The lowest BCUT2D eigenvalue weighted by Gasteiger charge is -2.34. The van der Waals surface area contributed by atoms with E-state index < -0.39 is 0 Å². The van der Waals surface area contributed by atoms with Crippen molar-refractivity contribution in [2.75, 3.05) is 9.80 Å². The molecule has 0 aliphatic heterocycles. The molecule has 0 aliphatic carbocycles. The fourth-order valence-electron chi connectivity index (χ4n) is 14.2. The molecule has 0 saturated heterocycles. The van der Waals surface area contributed by atoms with E-state index in [9.17, 15) is 0 Å². The molecule has 0 unspecified atom stereocenters. The van der Waals surface area contributed by atoms with E-state index in [1.54, 1.807) is 0 Å². The van der Waals surface area contributed by atoms with E-state index in [4.69, 9.17) is 11.6 Å². The number of halogens is 1. The standard InChI is InChI=1S/C94H83ClN2S2/c1-91(2,3)68-48-66(49-69(53-68)92(4,5)6)60-44-46-73(47-45-60)96(87-79(61-30-17-13-18-31-61)58-81-77-40-25-27-42-83(77)98-89(81)85(87)63-34-21-15-22-35-63)75-55-72(95)56-76(57-75)97(74-39-29-38-65(52-74)67-50-70(93(7,8)9)54-71(51-67)94(10,11)12)88-80(62-32-19-14-20-33-62)59-82-78-41-26-28-43-84(78)99-90(82)86(88)64-36-23-16-24-37-64/h13-59H,1-12H3. The van der Waals surface area contributed by atoms with Gasteiger partial charge in [0.2, 0.25) is 0 Å². The van der Waals surface area contributed by atoms with E-state index >= 15 is 0 Å². The van der Waals surface area contributed by atoms with Crippen LogP contribution in [0.1, 0.15) is 105 Å². The Morgan fingerprint density at radius 2 is 0.606 bits per heavy atom. The van der Waals surface area contributed by atoms with Crippen molar-refractivity contribution < 1.29 is 0 Å². The van der Waals surface area contributed by atoms with Gasteiger partial charge in [0.15, 0.2) is 0 Å². The van der Waals surface area contributed by atoms with Gasteiger partial charge in [0, 0.05) is 90.4 Å². The van der Waals surface area contributed by atoms with Gasteiger partial charge in [-0.2, -0.15) is 0 Å². The fourth-order valence-corrected chi connectivity index (χ4v) is 16.9. The Bertz CT molecular complexity index is 5460. The molecule has 13 aromatic carbocycles. The van der Waals surface area contributed by atoms with Gasteiger partial charge < -0.3 is 9.80 Å². The van der Waals surface area contributed by atoms with Crippen LogP contribution in [0.5, 0.6) is 0 Å². The minimum absolute atomic E-state index is 0.0559. The van der Waals surface area contributed by atoms with Crippen molar-refractivity contribution in [2.45, 2.75) is 105 Å². The molecular formula is C94H83ClN2S2. The molecule has 0 radical (unpaired) electrons. The summed E-state index contributed by atoms with van der Waals surface area (Å²) in [5, 5.41) is 5.52. The first-order valence-corrected chi connectivity index (χ1v) is 36.6. The SMILES string of the molecule is CC(C)(C)c1cc(-c2ccc(N(c3cc(Cl)cc(N(c4cccc(-c5cc(C(C)(C)C)cc(C(C)(C)C)c5)c4)c4c(-c5ccccc5)cc5c(sc6ccccc65)c4-c4ccccc4)c3)c3c(-c4ccccc4)cc4c(sc5ccccc54)c3-c3ccccc3)cc2)cc(C(C)(C)C)c1. The number of fused-ring (bicyclic) bond motifs is 6. The second-order valence-electron chi connectivity index (χ2n) is 30.7. The molecule has 2 nitrogen and oxygen atoms in total. The number of thiophene rings is 2. The topological polar surface area (TPSA) is 6.48 Å². The number of nitrogens with zero attached hydrogens (tertiary/aromatic N) is 2. The average molecular weight is 1340 g/mol. The lowest BCUT2D eigenvalue weighted by Crippen LogP contribution is -2.17. The van der Waals surface area contributed by atoms with Crippen LogP contribution in [0.4, 0.5) is 34.1 Å². The molecular weight excluding hydrogens is 1260 g/mol. The van der Waals surface area contributed by atoms with E-state index in [1.807, 2.05) is 22.7 Å². The van der Waals surface area contributed by atoms with Crippen LogP contribution >= 0.6 is 34.3 Å². The van der Waals surface area contributed by atoms with E-state index in [0.717, 1.165) is 89.8 Å². The third-order valence-corrected chi connectivity index (χ3v) is 22.3. The number of anilines is 6. The second-order valence-corrected chi connectivity index (χ2v) is 33.3. The monoisotopic (exact) mass is 1340 g/mol. The predicted octanol–water partition coefficient (Wildman–Crippen LogP) is 29.2. The number of hydrogen-bond acceptors (Lipinski definition) is 4. The van der Waals surface area contributed by atoms with Gasteiger partial charge in [-0.15, -0.1) is 22.7 Å². The van der Waals surface area contributed by atoms with E-state index in [1.165, 1.54) is 73.7 Å². The number of benzene rings is 13. The van der Waals surface area contributed by atoms with Crippen LogP contribution < -0.4 is 9.80 Å². The first-order chi connectivity index (χ1) is 47.5. The molecule has 0 N–H and O–H groups in total. The van der Waals surface area contributed by atoms with Crippen LogP contribution in [-0.4, -0.2) is 0 Å². The zero-order chi connectivity index (χ0) is 68.7. The average Bonchev–Trinajstić information content (AvgIpc) is 1.60. The maximum Gasteiger partial charge on any atom is 0.0633 e. The third kappa shape index (κ3) is 12.6. The van der Waals surface area contributed by atoms with Crippen LogP contribution in [0.3, 0.4) is 0 Å². The Balaban J connectivity index is 1.08. The maximum absolute atomic E-state index is 8.12. The predicted molar refractivity (Wildman–Crippen MR) is 434 cm³/mol. The second kappa shape index (κ2) is 25.5. The van der Waals surface area contributed by atoms with Crippen molar-refractivity contribution in [3.63, 3.8) is 0 Å². The summed E-state index contributed by atoms with van der Waals surface area (Å²) >= 11 is 11.9. The Morgan fingerprint density at radius 1 is 0.253 bits per heavy atom. The third-order valence-electron chi connectivity index (χ3n) is 19.6. The first-order valence-electron chi connectivity index (χ1n) is 34.6. The van der Waals surface area contributed by atoms with Crippen molar-refractivity contribution in [1.82, 2.24) is 0 Å². The van der Waals surface area contributed by atoms with Crippen molar-refractivity contribution in [3.8, 4) is 66.8 Å². The summed E-state index contributed by atoms with van der Waals surface area (Å²) in [6.45, 7) is 27.9. The van der Waals surface area contributed by atoms with Crippen molar-refractivity contribution in [2.24, 2.45) is 0 Å². The van der Waals surface area contributed by atoms with Crippen molar-refractivity contribution >= 4 is 109 Å². The zero-order valence-corrected chi connectivity index (χ0v) is 61.1. The number of hydrogen-bond donors (Lipinski definition) is 0.